The molecule has 0 N–H and O–H groups in total. The Morgan fingerprint density at radius 2 is 1.32 bits per heavy atom. The van der Waals surface area contributed by atoms with Crippen LogP contribution in [0.2, 0.25) is 0 Å². The molecule has 1 aliphatic rings. The van der Waals surface area contributed by atoms with Gasteiger partial charge >= 0.3 is 0 Å². The quantitative estimate of drug-likeness (QED) is 0.549. The van der Waals surface area contributed by atoms with Gasteiger partial charge in [0.05, 0.1) is 4.90 Å². The van der Waals surface area contributed by atoms with Crippen molar-refractivity contribution >= 4 is 16.1 Å². The van der Waals surface area contributed by atoms with Crippen LogP contribution in [-0.2, 0) is 10.0 Å². The first-order chi connectivity index (χ1) is 15.1. The molecule has 1 heterocycles. The highest BCUT2D eigenvalue weighted by atomic mass is 32.2. The second-order valence-corrected chi connectivity index (χ2v) is 9.34. The summed E-state index contributed by atoms with van der Waals surface area (Å²) in [4.78, 5) is 2.56. The third-order valence-electron chi connectivity index (χ3n) is 5.25. The van der Waals surface area contributed by atoms with Crippen molar-refractivity contribution < 1.29 is 13.2 Å². The van der Waals surface area contributed by atoms with Crippen molar-refractivity contribution in [1.29, 1.82) is 0 Å². The minimum Gasteiger partial charge on any atom is -0.457 e. The van der Waals surface area contributed by atoms with E-state index in [1.165, 1.54) is 5.56 Å². The normalized spacial score (nSPS) is 15.9. The third-order valence-corrected chi connectivity index (χ3v) is 7.16. The van der Waals surface area contributed by atoms with Gasteiger partial charge in [0, 0.05) is 32.7 Å². The van der Waals surface area contributed by atoms with E-state index in [1.807, 2.05) is 48.5 Å². The Morgan fingerprint density at radius 3 is 1.97 bits per heavy atom. The lowest BCUT2D eigenvalue weighted by Gasteiger charge is -2.33. The van der Waals surface area contributed by atoms with Gasteiger partial charge in [-0.3, -0.25) is 4.90 Å². The summed E-state index contributed by atoms with van der Waals surface area (Å²) in [5, 5.41) is 0. The van der Waals surface area contributed by atoms with E-state index in [9.17, 15) is 8.42 Å². The first-order valence-electron chi connectivity index (χ1n) is 10.4. The summed E-state index contributed by atoms with van der Waals surface area (Å²) in [5.41, 5.74) is 1.17. The van der Waals surface area contributed by atoms with Gasteiger partial charge in [-0.2, -0.15) is 4.31 Å². The lowest BCUT2D eigenvalue weighted by atomic mass is 10.2. The molecule has 3 aromatic carbocycles. The van der Waals surface area contributed by atoms with Crippen molar-refractivity contribution in [3.63, 3.8) is 0 Å². The zero-order valence-corrected chi connectivity index (χ0v) is 18.1. The molecule has 3 aromatic rings. The molecule has 31 heavy (non-hydrogen) atoms. The van der Waals surface area contributed by atoms with Crippen LogP contribution in [0, 0.1) is 0 Å². The molecule has 4 rings (SSSR count). The van der Waals surface area contributed by atoms with Crippen LogP contribution in [-0.4, -0.2) is 50.3 Å². The van der Waals surface area contributed by atoms with Gasteiger partial charge in [-0.1, -0.05) is 60.7 Å². The fourth-order valence-corrected chi connectivity index (χ4v) is 4.93. The molecule has 0 atom stereocenters. The van der Waals surface area contributed by atoms with E-state index in [0.29, 0.717) is 36.8 Å². The van der Waals surface area contributed by atoms with Crippen LogP contribution in [0.4, 0.5) is 0 Å². The predicted octanol–water partition coefficient (Wildman–Crippen LogP) is 4.50. The minimum absolute atomic E-state index is 0.297. The van der Waals surface area contributed by atoms with E-state index in [0.717, 1.165) is 12.3 Å². The van der Waals surface area contributed by atoms with Crippen molar-refractivity contribution in [3.8, 4) is 11.5 Å². The molecule has 1 saturated heterocycles. The Kier molecular flexibility index (Phi) is 6.82. The molecule has 6 heteroatoms. The molecule has 0 saturated carbocycles. The van der Waals surface area contributed by atoms with E-state index in [4.69, 9.17) is 4.74 Å². The highest BCUT2D eigenvalue weighted by Crippen LogP contribution is 2.24. The number of hydrogen-bond donors (Lipinski definition) is 0. The van der Waals surface area contributed by atoms with Crippen LogP contribution in [0.3, 0.4) is 0 Å². The van der Waals surface area contributed by atoms with Crippen molar-refractivity contribution in [1.82, 2.24) is 9.21 Å². The van der Waals surface area contributed by atoms with Crippen molar-refractivity contribution in [2.45, 2.75) is 4.90 Å². The van der Waals surface area contributed by atoms with Gasteiger partial charge in [-0.05, 0) is 42.0 Å². The van der Waals surface area contributed by atoms with Gasteiger partial charge < -0.3 is 4.74 Å². The molecular weight excluding hydrogens is 408 g/mol. The van der Waals surface area contributed by atoms with E-state index in [-0.39, 0.29) is 0 Å². The molecule has 0 unspecified atom stereocenters. The van der Waals surface area contributed by atoms with Crippen LogP contribution in [0.5, 0.6) is 11.5 Å². The van der Waals surface area contributed by atoms with E-state index in [2.05, 4.69) is 29.2 Å². The van der Waals surface area contributed by atoms with Crippen LogP contribution in [0.15, 0.2) is 95.9 Å². The van der Waals surface area contributed by atoms with Gasteiger partial charge in [-0.15, -0.1) is 0 Å². The summed E-state index contributed by atoms with van der Waals surface area (Å²) in [6.07, 6.45) is 4.23. The molecule has 160 valence electrons. The number of ether oxygens (including phenoxy) is 1. The van der Waals surface area contributed by atoms with Gasteiger partial charge in [0.1, 0.15) is 11.5 Å². The number of sulfonamides is 1. The number of benzene rings is 3. The van der Waals surface area contributed by atoms with Crippen LogP contribution >= 0.6 is 0 Å². The molecule has 0 radical (unpaired) electrons. The summed E-state index contributed by atoms with van der Waals surface area (Å²) in [7, 11) is -3.51. The number of para-hydroxylation sites is 1. The van der Waals surface area contributed by atoms with Gasteiger partial charge in [-0.25, -0.2) is 8.42 Å². The maximum atomic E-state index is 13.0. The van der Waals surface area contributed by atoms with E-state index in [1.54, 1.807) is 28.6 Å². The molecule has 5 nitrogen and oxygen atoms in total. The summed E-state index contributed by atoms with van der Waals surface area (Å²) >= 11 is 0. The maximum Gasteiger partial charge on any atom is 0.243 e. The Morgan fingerprint density at radius 1 is 0.742 bits per heavy atom. The molecule has 0 amide bonds. The Hall–Kier alpha value is -2.93. The average Bonchev–Trinajstić information content (AvgIpc) is 2.81. The summed E-state index contributed by atoms with van der Waals surface area (Å²) in [6, 6.07) is 26.2. The smallest absolute Gasteiger partial charge is 0.243 e. The summed E-state index contributed by atoms with van der Waals surface area (Å²) in [6.45, 7) is 3.23. The molecule has 1 fully saturated rings. The molecule has 0 aliphatic carbocycles. The minimum atomic E-state index is -3.51. The third kappa shape index (κ3) is 5.61. The average molecular weight is 435 g/mol. The molecular formula is C25H26N2O3S. The van der Waals surface area contributed by atoms with Crippen molar-refractivity contribution in [2.75, 3.05) is 32.7 Å². The Labute approximate surface area is 184 Å². The zero-order chi connectivity index (χ0) is 21.5. The molecule has 1 aliphatic heterocycles. The van der Waals surface area contributed by atoms with Gasteiger partial charge in [0.25, 0.3) is 0 Å². The van der Waals surface area contributed by atoms with Crippen LogP contribution in [0.1, 0.15) is 5.56 Å². The summed E-state index contributed by atoms with van der Waals surface area (Å²) < 4.78 is 33.4. The fourth-order valence-electron chi connectivity index (χ4n) is 3.51. The van der Waals surface area contributed by atoms with Crippen LogP contribution in [0.25, 0.3) is 6.08 Å². The predicted molar refractivity (Wildman–Crippen MR) is 124 cm³/mol. The first kappa shape index (κ1) is 21.3. The Balaban J connectivity index is 1.32. The lowest BCUT2D eigenvalue weighted by molar-refractivity contribution is 0.204. The zero-order valence-electron chi connectivity index (χ0n) is 17.3. The molecule has 0 spiro atoms. The monoisotopic (exact) mass is 434 g/mol. The number of nitrogens with zero attached hydrogens (tertiary/aromatic N) is 2. The largest absolute Gasteiger partial charge is 0.457 e. The fraction of sp³-hybridized carbons (Fsp3) is 0.200. The second kappa shape index (κ2) is 9.92. The van der Waals surface area contributed by atoms with Crippen molar-refractivity contribution in [3.05, 3.63) is 96.6 Å². The van der Waals surface area contributed by atoms with Crippen molar-refractivity contribution in [2.24, 2.45) is 0 Å². The number of hydrogen-bond acceptors (Lipinski definition) is 4. The molecule has 0 bridgehead atoms. The highest BCUT2D eigenvalue weighted by molar-refractivity contribution is 7.89. The Bertz CT molecular complexity index is 1090. The number of rotatable bonds is 7. The summed E-state index contributed by atoms with van der Waals surface area (Å²) in [5.74, 6) is 1.33. The van der Waals surface area contributed by atoms with Gasteiger partial charge in [0.2, 0.25) is 10.0 Å². The molecule has 0 aromatic heterocycles. The van der Waals surface area contributed by atoms with Gasteiger partial charge in [0.15, 0.2) is 0 Å². The topological polar surface area (TPSA) is 49.9 Å². The lowest BCUT2D eigenvalue weighted by Crippen LogP contribution is -2.48. The number of piperazine rings is 1. The van der Waals surface area contributed by atoms with E-state index >= 15 is 0 Å². The maximum absolute atomic E-state index is 13.0. The highest BCUT2D eigenvalue weighted by Gasteiger charge is 2.28. The standard InChI is InChI=1S/C25H26N2O3S/c28-31(29,25-15-13-24(14-16-25)30-23-11-5-2-6-12-23)27-20-18-26(19-21-27)17-7-10-22-8-3-1-4-9-22/h1-16H,17-21H2/b10-7+. The second-order valence-electron chi connectivity index (χ2n) is 7.40. The first-order valence-corrected chi connectivity index (χ1v) is 11.8. The SMILES string of the molecule is O=S(=O)(c1ccc(Oc2ccccc2)cc1)N1CCN(C/C=C/c2ccccc2)CC1. The van der Waals surface area contributed by atoms with Crippen LogP contribution < -0.4 is 4.74 Å². The van der Waals surface area contributed by atoms with E-state index < -0.39 is 10.0 Å².